The Hall–Kier alpha value is -2.21. The first-order chi connectivity index (χ1) is 8.56. The van der Waals surface area contributed by atoms with Gasteiger partial charge in [-0.1, -0.05) is 0 Å². The van der Waals surface area contributed by atoms with E-state index in [0.717, 1.165) is 0 Å². The van der Waals surface area contributed by atoms with Gasteiger partial charge in [0.25, 0.3) is 5.91 Å². The van der Waals surface area contributed by atoms with E-state index in [1.807, 2.05) is 0 Å². The van der Waals surface area contributed by atoms with E-state index in [1.54, 1.807) is 19.1 Å². The summed E-state index contributed by atoms with van der Waals surface area (Å²) in [4.78, 5) is 23.6. The number of carbonyl (C=O) groups excluding carboxylic acids is 1. The molecule has 2 rings (SSSR count). The van der Waals surface area contributed by atoms with Crippen molar-refractivity contribution in [3.63, 3.8) is 0 Å². The second-order valence-corrected chi connectivity index (χ2v) is 3.90. The van der Waals surface area contributed by atoms with E-state index in [2.05, 4.69) is 20.3 Å². The highest BCUT2D eigenvalue weighted by molar-refractivity contribution is 6.28. The van der Waals surface area contributed by atoms with Crippen LogP contribution in [0, 0.1) is 6.92 Å². The Balaban J connectivity index is 2.24. The molecule has 2 aromatic rings. The lowest BCUT2D eigenvalue weighted by atomic mass is 10.2. The molecule has 2 aromatic heterocycles. The van der Waals surface area contributed by atoms with Gasteiger partial charge in [-0.25, -0.2) is 9.97 Å². The first-order valence-electron chi connectivity index (χ1n) is 5.08. The number of amides is 1. The number of nitrogen functional groups attached to an aromatic ring is 1. The van der Waals surface area contributed by atoms with Gasteiger partial charge in [0, 0.05) is 6.20 Å². The van der Waals surface area contributed by atoms with Gasteiger partial charge in [-0.15, -0.1) is 0 Å². The molecule has 0 radical (unpaired) electrons. The molecule has 0 aliphatic heterocycles. The van der Waals surface area contributed by atoms with E-state index in [4.69, 9.17) is 17.3 Å². The summed E-state index contributed by atoms with van der Waals surface area (Å²) in [5.74, 6) is -0.0242. The Morgan fingerprint density at radius 3 is 2.94 bits per heavy atom. The van der Waals surface area contributed by atoms with Crippen LogP contribution in [0.15, 0.2) is 24.5 Å². The number of hydrogen-bond acceptors (Lipinski definition) is 5. The van der Waals surface area contributed by atoms with Gasteiger partial charge >= 0.3 is 0 Å². The predicted octanol–water partition coefficient (Wildman–Crippen LogP) is 1.67. The molecule has 0 aliphatic carbocycles. The molecule has 6 nitrogen and oxygen atoms in total. The zero-order valence-corrected chi connectivity index (χ0v) is 10.3. The van der Waals surface area contributed by atoms with Crippen LogP contribution in [0.1, 0.15) is 16.1 Å². The largest absolute Gasteiger partial charge is 0.397 e. The zero-order chi connectivity index (χ0) is 13.1. The Morgan fingerprint density at radius 2 is 2.22 bits per heavy atom. The molecule has 0 aliphatic rings. The van der Waals surface area contributed by atoms with Gasteiger partial charge in [-0.3, -0.25) is 9.78 Å². The molecule has 0 atom stereocenters. The summed E-state index contributed by atoms with van der Waals surface area (Å²) in [5.41, 5.74) is 6.99. The molecule has 0 fully saturated rings. The monoisotopic (exact) mass is 263 g/mol. The van der Waals surface area contributed by atoms with Gasteiger partial charge in [-0.2, -0.15) is 0 Å². The molecule has 0 unspecified atom stereocenters. The number of anilines is 2. The van der Waals surface area contributed by atoms with Crippen LogP contribution in [0.3, 0.4) is 0 Å². The highest BCUT2D eigenvalue weighted by atomic mass is 35.5. The van der Waals surface area contributed by atoms with Crippen LogP contribution in [-0.2, 0) is 0 Å². The first-order valence-corrected chi connectivity index (χ1v) is 5.46. The van der Waals surface area contributed by atoms with E-state index in [0.29, 0.717) is 22.8 Å². The van der Waals surface area contributed by atoms with Crippen molar-refractivity contribution in [2.75, 3.05) is 11.1 Å². The maximum absolute atomic E-state index is 12.0. The lowest BCUT2D eigenvalue weighted by molar-refractivity contribution is 0.102. The lowest BCUT2D eigenvalue weighted by Gasteiger charge is -2.07. The molecular formula is C11H10ClN5O. The summed E-state index contributed by atoms with van der Waals surface area (Å²) >= 11 is 5.62. The number of nitrogens with one attached hydrogen (secondary N) is 1. The van der Waals surface area contributed by atoms with E-state index < -0.39 is 0 Å². The van der Waals surface area contributed by atoms with Crippen LogP contribution in [-0.4, -0.2) is 20.9 Å². The molecule has 0 saturated carbocycles. The normalized spacial score (nSPS) is 10.1. The molecule has 7 heteroatoms. The van der Waals surface area contributed by atoms with E-state index >= 15 is 0 Å². The number of carbonyl (C=O) groups is 1. The van der Waals surface area contributed by atoms with Crippen LogP contribution in [0.4, 0.5) is 11.5 Å². The van der Waals surface area contributed by atoms with E-state index in [-0.39, 0.29) is 11.2 Å². The number of pyridine rings is 1. The van der Waals surface area contributed by atoms with Crippen molar-refractivity contribution in [3.8, 4) is 0 Å². The maximum atomic E-state index is 12.0. The van der Waals surface area contributed by atoms with Gasteiger partial charge in [0.15, 0.2) is 0 Å². The third-order valence-electron chi connectivity index (χ3n) is 2.22. The SMILES string of the molecule is Cc1ncc(N)cc1C(=O)Nc1ccnc(Cl)n1. The van der Waals surface area contributed by atoms with Crippen molar-refractivity contribution in [1.82, 2.24) is 15.0 Å². The second kappa shape index (κ2) is 4.97. The molecule has 18 heavy (non-hydrogen) atoms. The molecule has 2 heterocycles. The Morgan fingerprint density at radius 1 is 1.44 bits per heavy atom. The maximum Gasteiger partial charge on any atom is 0.258 e. The minimum atomic E-state index is -0.345. The number of aryl methyl sites for hydroxylation is 1. The Bertz CT molecular complexity index is 602. The number of nitrogens with zero attached hydrogens (tertiary/aromatic N) is 3. The van der Waals surface area contributed by atoms with Crippen molar-refractivity contribution in [2.24, 2.45) is 0 Å². The number of aromatic nitrogens is 3. The van der Waals surface area contributed by atoms with Crippen LogP contribution in [0.5, 0.6) is 0 Å². The third kappa shape index (κ3) is 2.72. The van der Waals surface area contributed by atoms with Gasteiger partial charge in [-0.05, 0) is 30.7 Å². The molecule has 1 amide bonds. The van der Waals surface area contributed by atoms with Crippen LogP contribution in [0.2, 0.25) is 5.28 Å². The summed E-state index contributed by atoms with van der Waals surface area (Å²) in [7, 11) is 0. The minimum Gasteiger partial charge on any atom is -0.397 e. The van der Waals surface area contributed by atoms with Crippen LogP contribution < -0.4 is 11.1 Å². The fourth-order valence-corrected chi connectivity index (χ4v) is 1.51. The molecule has 0 saturated heterocycles. The second-order valence-electron chi connectivity index (χ2n) is 3.57. The first kappa shape index (κ1) is 12.3. The van der Waals surface area contributed by atoms with Crippen molar-refractivity contribution in [1.29, 1.82) is 0 Å². The topological polar surface area (TPSA) is 93.8 Å². The number of rotatable bonds is 2. The van der Waals surface area contributed by atoms with Gasteiger partial charge < -0.3 is 11.1 Å². The average molecular weight is 264 g/mol. The standard InChI is InChI=1S/C11H10ClN5O/c1-6-8(4-7(13)5-15-6)10(18)16-9-2-3-14-11(12)17-9/h2-5H,13H2,1H3,(H,14,16,17,18). The minimum absolute atomic E-state index is 0.0650. The molecule has 0 spiro atoms. The Kier molecular flexibility index (Phi) is 3.38. The average Bonchev–Trinajstić information content (AvgIpc) is 2.32. The fraction of sp³-hybridized carbons (Fsp3) is 0.0909. The molecule has 0 bridgehead atoms. The summed E-state index contributed by atoms with van der Waals surface area (Å²) in [5, 5.41) is 2.66. The number of halogens is 1. The summed E-state index contributed by atoms with van der Waals surface area (Å²) in [6.45, 7) is 1.72. The van der Waals surface area contributed by atoms with Gasteiger partial charge in [0.05, 0.1) is 23.1 Å². The van der Waals surface area contributed by atoms with Crippen LogP contribution in [0.25, 0.3) is 0 Å². The van der Waals surface area contributed by atoms with E-state index in [1.165, 1.54) is 12.4 Å². The summed E-state index contributed by atoms with van der Waals surface area (Å²) in [6.07, 6.45) is 2.95. The smallest absolute Gasteiger partial charge is 0.258 e. The third-order valence-corrected chi connectivity index (χ3v) is 2.40. The molecule has 3 N–H and O–H groups in total. The molecular weight excluding hydrogens is 254 g/mol. The van der Waals surface area contributed by atoms with Crippen molar-refractivity contribution >= 4 is 29.0 Å². The van der Waals surface area contributed by atoms with Crippen LogP contribution >= 0.6 is 11.6 Å². The predicted molar refractivity (Wildman–Crippen MR) is 68.4 cm³/mol. The number of nitrogens with two attached hydrogens (primary N) is 1. The van der Waals surface area contributed by atoms with E-state index in [9.17, 15) is 4.79 Å². The van der Waals surface area contributed by atoms with Gasteiger partial charge in [0.1, 0.15) is 5.82 Å². The lowest BCUT2D eigenvalue weighted by Crippen LogP contribution is -2.15. The van der Waals surface area contributed by atoms with Crippen molar-refractivity contribution in [3.05, 3.63) is 41.1 Å². The fourth-order valence-electron chi connectivity index (χ4n) is 1.37. The highest BCUT2D eigenvalue weighted by Crippen LogP contribution is 2.12. The number of hydrogen-bond donors (Lipinski definition) is 2. The highest BCUT2D eigenvalue weighted by Gasteiger charge is 2.11. The van der Waals surface area contributed by atoms with Gasteiger partial charge in [0.2, 0.25) is 5.28 Å². The molecule has 92 valence electrons. The van der Waals surface area contributed by atoms with Crippen molar-refractivity contribution in [2.45, 2.75) is 6.92 Å². The molecule has 0 aromatic carbocycles. The summed E-state index contributed by atoms with van der Waals surface area (Å²) in [6, 6.07) is 3.10. The van der Waals surface area contributed by atoms with Crippen molar-refractivity contribution < 1.29 is 4.79 Å². The summed E-state index contributed by atoms with van der Waals surface area (Å²) < 4.78 is 0. The zero-order valence-electron chi connectivity index (χ0n) is 9.51. The Labute approximate surface area is 108 Å². The quantitative estimate of drug-likeness (QED) is 0.804.